The number of benzene rings is 1. The molecule has 0 saturated heterocycles. The van der Waals surface area contributed by atoms with Gasteiger partial charge in [0.15, 0.2) is 0 Å². The van der Waals surface area contributed by atoms with E-state index in [1.165, 1.54) is 5.56 Å². The SMILES string of the molecule is CC(C)c1ccc(C(NC(=O)CNC(=O)CN)c2cccs2)cc1. The predicted molar refractivity (Wildman–Crippen MR) is 96.9 cm³/mol. The van der Waals surface area contributed by atoms with Crippen LogP contribution in [0.25, 0.3) is 0 Å². The summed E-state index contributed by atoms with van der Waals surface area (Å²) >= 11 is 1.59. The Bertz CT molecular complexity index is 666. The van der Waals surface area contributed by atoms with Gasteiger partial charge in [-0.2, -0.15) is 0 Å². The lowest BCUT2D eigenvalue weighted by atomic mass is 9.98. The Morgan fingerprint density at radius 3 is 2.29 bits per heavy atom. The highest BCUT2D eigenvalue weighted by atomic mass is 32.1. The maximum atomic E-state index is 12.2. The normalized spacial score (nSPS) is 12.0. The fourth-order valence-electron chi connectivity index (χ4n) is 2.31. The van der Waals surface area contributed by atoms with E-state index in [0.717, 1.165) is 10.4 Å². The van der Waals surface area contributed by atoms with Crippen molar-refractivity contribution in [3.8, 4) is 0 Å². The molecule has 2 rings (SSSR count). The van der Waals surface area contributed by atoms with Gasteiger partial charge in [0.05, 0.1) is 19.1 Å². The van der Waals surface area contributed by atoms with Crippen LogP contribution < -0.4 is 16.4 Å². The Kier molecular flexibility index (Phi) is 6.52. The molecule has 4 N–H and O–H groups in total. The van der Waals surface area contributed by atoms with Gasteiger partial charge in [-0.3, -0.25) is 9.59 Å². The molecule has 1 unspecified atom stereocenters. The van der Waals surface area contributed by atoms with E-state index in [1.54, 1.807) is 11.3 Å². The first-order valence-electron chi connectivity index (χ1n) is 7.90. The minimum absolute atomic E-state index is 0.0814. The number of hydrogen-bond acceptors (Lipinski definition) is 4. The zero-order valence-electron chi connectivity index (χ0n) is 13.9. The Labute approximate surface area is 146 Å². The van der Waals surface area contributed by atoms with Gasteiger partial charge in [-0.1, -0.05) is 44.2 Å². The fourth-order valence-corrected chi connectivity index (χ4v) is 3.11. The third kappa shape index (κ3) is 4.91. The highest BCUT2D eigenvalue weighted by Crippen LogP contribution is 2.27. The van der Waals surface area contributed by atoms with Gasteiger partial charge in [-0.15, -0.1) is 11.3 Å². The summed E-state index contributed by atoms with van der Waals surface area (Å²) in [5.74, 6) is -0.137. The molecule has 24 heavy (non-hydrogen) atoms. The molecule has 0 aliphatic carbocycles. The minimum atomic E-state index is -0.348. The maximum Gasteiger partial charge on any atom is 0.240 e. The number of thiophene rings is 1. The molecular formula is C18H23N3O2S. The van der Waals surface area contributed by atoms with E-state index in [0.29, 0.717) is 5.92 Å². The van der Waals surface area contributed by atoms with E-state index in [9.17, 15) is 9.59 Å². The van der Waals surface area contributed by atoms with E-state index in [-0.39, 0.29) is 30.9 Å². The molecule has 2 aromatic rings. The monoisotopic (exact) mass is 345 g/mol. The van der Waals surface area contributed by atoms with Crippen LogP contribution in [0.5, 0.6) is 0 Å². The molecule has 0 radical (unpaired) electrons. The van der Waals surface area contributed by atoms with Gasteiger partial charge in [-0.25, -0.2) is 0 Å². The summed E-state index contributed by atoms with van der Waals surface area (Å²) in [6, 6.07) is 12.0. The van der Waals surface area contributed by atoms with Crippen LogP contribution in [0.2, 0.25) is 0 Å². The van der Waals surface area contributed by atoms with Crippen molar-refractivity contribution in [2.24, 2.45) is 5.73 Å². The van der Waals surface area contributed by atoms with Gasteiger partial charge in [-0.05, 0) is 28.5 Å². The summed E-state index contributed by atoms with van der Waals surface area (Å²) < 4.78 is 0. The Morgan fingerprint density at radius 1 is 1.08 bits per heavy atom. The molecule has 0 fully saturated rings. The molecule has 128 valence electrons. The summed E-state index contributed by atoms with van der Waals surface area (Å²) in [4.78, 5) is 24.4. The second-order valence-electron chi connectivity index (χ2n) is 5.82. The Hall–Kier alpha value is -2.18. The average molecular weight is 345 g/mol. The quantitative estimate of drug-likeness (QED) is 0.719. The number of amides is 2. The molecule has 0 saturated carbocycles. The Balaban J connectivity index is 2.14. The van der Waals surface area contributed by atoms with Gasteiger partial charge in [0.1, 0.15) is 0 Å². The largest absolute Gasteiger partial charge is 0.346 e. The maximum absolute atomic E-state index is 12.2. The number of hydrogen-bond donors (Lipinski definition) is 3. The first-order valence-corrected chi connectivity index (χ1v) is 8.78. The zero-order valence-corrected chi connectivity index (χ0v) is 14.7. The van der Waals surface area contributed by atoms with E-state index in [4.69, 9.17) is 5.73 Å². The summed E-state index contributed by atoms with van der Waals surface area (Å²) in [5, 5.41) is 7.44. The van der Waals surface area contributed by atoms with Crippen molar-refractivity contribution in [2.45, 2.75) is 25.8 Å². The van der Waals surface area contributed by atoms with Crippen molar-refractivity contribution in [1.29, 1.82) is 0 Å². The van der Waals surface area contributed by atoms with Crippen molar-refractivity contribution in [3.63, 3.8) is 0 Å². The lowest BCUT2D eigenvalue weighted by molar-refractivity contribution is -0.125. The second-order valence-corrected chi connectivity index (χ2v) is 6.80. The van der Waals surface area contributed by atoms with Crippen LogP contribution in [-0.4, -0.2) is 24.9 Å². The minimum Gasteiger partial charge on any atom is -0.346 e. The van der Waals surface area contributed by atoms with Gasteiger partial charge in [0.25, 0.3) is 0 Å². The predicted octanol–water partition coefficient (Wildman–Crippen LogP) is 2.15. The van der Waals surface area contributed by atoms with Crippen molar-refractivity contribution in [1.82, 2.24) is 10.6 Å². The third-order valence-electron chi connectivity index (χ3n) is 3.70. The standard InChI is InChI=1S/C18H23N3O2S/c1-12(2)13-5-7-14(8-6-13)18(15-4-3-9-24-15)21-17(23)11-20-16(22)10-19/h3-9,12,18H,10-11,19H2,1-2H3,(H,20,22)(H,21,23). The van der Waals surface area contributed by atoms with E-state index >= 15 is 0 Å². The number of carbonyl (C=O) groups is 2. The smallest absolute Gasteiger partial charge is 0.240 e. The Morgan fingerprint density at radius 2 is 1.75 bits per heavy atom. The molecule has 1 aromatic carbocycles. The summed E-state index contributed by atoms with van der Waals surface area (Å²) in [6.07, 6.45) is 0. The molecule has 1 atom stereocenters. The van der Waals surface area contributed by atoms with Crippen molar-refractivity contribution >= 4 is 23.2 Å². The number of rotatable bonds is 7. The third-order valence-corrected chi connectivity index (χ3v) is 4.64. The molecular weight excluding hydrogens is 322 g/mol. The van der Waals surface area contributed by atoms with Crippen molar-refractivity contribution in [3.05, 3.63) is 57.8 Å². The van der Waals surface area contributed by atoms with Gasteiger partial charge >= 0.3 is 0 Å². The van der Waals surface area contributed by atoms with Crippen LogP contribution in [0.3, 0.4) is 0 Å². The van der Waals surface area contributed by atoms with Gasteiger partial charge in [0.2, 0.25) is 11.8 Å². The fraction of sp³-hybridized carbons (Fsp3) is 0.333. The van der Waals surface area contributed by atoms with E-state index in [2.05, 4.69) is 36.6 Å². The summed E-state index contributed by atoms with van der Waals surface area (Å²) in [5.41, 5.74) is 7.49. The first kappa shape index (κ1) is 18.2. The molecule has 5 nitrogen and oxygen atoms in total. The van der Waals surface area contributed by atoms with E-state index < -0.39 is 0 Å². The average Bonchev–Trinajstić information content (AvgIpc) is 3.11. The number of carbonyl (C=O) groups excluding carboxylic acids is 2. The van der Waals surface area contributed by atoms with Crippen LogP contribution in [0.15, 0.2) is 41.8 Å². The molecule has 0 bridgehead atoms. The second kappa shape index (κ2) is 8.61. The van der Waals surface area contributed by atoms with Crippen LogP contribution in [-0.2, 0) is 9.59 Å². The summed E-state index contributed by atoms with van der Waals surface area (Å²) in [6.45, 7) is 4.08. The van der Waals surface area contributed by atoms with Crippen LogP contribution >= 0.6 is 11.3 Å². The van der Waals surface area contributed by atoms with Crippen molar-refractivity contribution < 1.29 is 9.59 Å². The molecule has 0 spiro atoms. The molecule has 0 aliphatic rings. The molecule has 6 heteroatoms. The first-order chi connectivity index (χ1) is 11.5. The summed E-state index contributed by atoms with van der Waals surface area (Å²) in [7, 11) is 0. The molecule has 2 amide bonds. The lowest BCUT2D eigenvalue weighted by Gasteiger charge is -2.19. The molecule has 1 heterocycles. The molecule has 0 aliphatic heterocycles. The van der Waals surface area contributed by atoms with Crippen LogP contribution in [0.4, 0.5) is 0 Å². The van der Waals surface area contributed by atoms with Gasteiger partial charge in [0, 0.05) is 4.88 Å². The lowest BCUT2D eigenvalue weighted by Crippen LogP contribution is -2.40. The van der Waals surface area contributed by atoms with Crippen molar-refractivity contribution in [2.75, 3.05) is 13.1 Å². The highest BCUT2D eigenvalue weighted by molar-refractivity contribution is 7.10. The highest BCUT2D eigenvalue weighted by Gasteiger charge is 2.18. The zero-order chi connectivity index (χ0) is 17.5. The van der Waals surface area contributed by atoms with Crippen LogP contribution in [0, 0.1) is 0 Å². The van der Waals surface area contributed by atoms with E-state index in [1.807, 2.05) is 29.6 Å². The van der Waals surface area contributed by atoms with Gasteiger partial charge < -0.3 is 16.4 Å². The van der Waals surface area contributed by atoms with Crippen LogP contribution in [0.1, 0.15) is 41.8 Å². The number of nitrogens with one attached hydrogen (secondary N) is 2. The number of nitrogens with two attached hydrogens (primary N) is 1. The molecule has 1 aromatic heterocycles. The topological polar surface area (TPSA) is 84.2 Å².